The third-order valence-electron chi connectivity index (χ3n) is 9.83. The number of para-hydroxylation sites is 2. The summed E-state index contributed by atoms with van der Waals surface area (Å²) in [5, 5.41) is 1.58. The number of nitrogens with zero attached hydrogens (tertiary/aromatic N) is 1. The van der Waals surface area contributed by atoms with E-state index in [1.54, 1.807) is 11.3 Å². The molecule has 1 aliphatic carbocycles. The third kappa shape index (κ3) is 3.53. The fourth-order valence-corrected chi connectivity index (χ4v) is 8.88. The van der Waals surface area contributed by atoms with Crippen molar-refractivity contribution in [1.82, 2.24) is 0 Å². The van der Waals surface area contributed by atoms with Crippen LogP contribution in [0.3, 0.4) is 0 Å². The van der Waals surface area contributed by atoms with Gasteiger partial charge in [0.25, 0.3) is 0 Å². The summed E-state index contributed by atoms with van der Waals surface area (Å²) in [5.41, 5.74) is 11.8. The number of anilines is 3. The van der Waals surface area contributed by atoms with Crippen molar-refractivity contribution >= 4 is 48.6 Å². The molecule has 2 aliphatic rings. The van der Waals surface area contributed by atoms with E-state index in [1.807, 2.05) is 18.2 Å². The molecule has 0 saturated carbocycles. The number of rotatable bonds is 1. The lowest BCUT2D eigenvalue weighted by atomic mass is 9.64. The first-order valence-electron chi connectivity index (χ1n) is 15.6. The molecule has 45 heavy (non-hydrogen) atoms. The Bertz CT molecular complexity index is 2350. The fourth-order valence-electron chi connectivity index (χ4n) is 7.79. The molecule has 0 N–H and O–H groups in total. The van der Waals surface area contributed by atoms with E-state index in [1.165, 1.54) is 44.8 Å². The van der Waals surface area contributed by atoms with Gasteiger partial charge in [0.05, 0.1) is 16.8 Å². The second-order valence-electron chi connectivity index (χ2n) is 13.3. The molecule has 0 saturated heterocycles. The Morgan fingerprint density at radius 1 is 0.556 bits per heavy atom. The van der Waals surface area contributed by atoms with Crippen LogP contribution in [0, 0.1) is 0 Å². The van der Waals surface area contributed by atoms with Crippen LogP contribution in [-0.2, 0) is 10.8 Å². The first-order chi connectivity index (χ1) is 21.9. The highest BCUT2D eigenvalue weighted by Gasteiger charge is 2.51. The Morgan fingerprint density at radius 3 is 1.84 bits per heavy atom. The Morgan fingerprint density at radius 2 is 1.16 bits per heavy atom. The van der Waals surface area contributed by atoms with Crippen molar-refractivity contribution in [3.05, 3.63) is 172 Å². The van der Waals surface area contributed by atoms with Gasteiger partial charge in [-0.1, -0.05) is 106 Å². The van der Waals surface area contributed by atoms with E-state index in [0.29, 0.717) is 0 Å². The van der Waals surface area contributed by atoms with Crippen molar-refractivity contribution in [3.8, 4) is 11.1 Å². The minimum Gasteiger partial charge on any atom is -0.310 e. The number of fused-ring (bicyclic) bond motifs is 11. The molecule has 0 radical (unpaired) electrons. The summed E-state index contributed by atoms with van der Waals surface area (Å²) in [4.78, 5) is 16.3. The van der Waals surface area contributed by atoms with Gasteiger partial charge in [-0.2, -0.15) is 0 Å². The van der Waals surface area contributed by atoms with E-state index < -0.39 is 5.41 Å². The second-order valence-corrected chi connectivity index (χ2v) is 14.4. The summed E-state index contributed by atoms with van der Waals surface area (Å²) in [7, 11) is 0. The highest BCUT2D eigenvalue weighted by Crippen LogP contribution is 2.63. The topological polar surface area (TPSA) is 20.3 Å². The molecule has 216 valence electrons. The van der Waals surface area contributed by atoms with Gasteiger partial charge < -0.3 is 4.90 Å². The zero-order valence-corrected chi connectivity index (χ0v) is 26.3. The van der Waals surface area contributed by atoms with Gasteiger partial charge in [-0.25, -0.2) is 0 Å². The zero-order chi connectivity index (χ0) is 30.5. The van der Waals surface area contributed by atoms with Crippen LogP contribution in [0.2, 0.25) is 0 Å². The van der Waals surface area contributed by atoms with Crippen LogP contribution >= 0.6 is 11.3 Å². The monoisotopic (exact) mass is 597 g/mol. The summed E-state index contributed by atoms with van der Waals surface area (Å²) >= 11 is 1.71. The maximum atomic E-state index is 13.9. The lowest BCUT2D eigenvalue weighted by Gasteiger charge is -2.45. The van der Waals surface area contributed by atoms with Crippen LogP contribution in [0.5, 0.6) is 0 Å². The van der Waals surface area contributed by atoms with E-state index in [0.717, 1.165) is 31.4 Å². The Balaban J connectivity index is 1.39. The van der Waals surface area contributed by atoms with E-state index in [4.69, 9.17) is 0 Å². The largest absolute Gasteiger partial charge is 0.310 e. The molecule has 0 atom stereocenters. The first-order valence-corrected chi connectivity index (χ1v) is 16.4. The van der Waals surface area contributed by atoms with Gasteiger partial charge in [-0.3, -0.25) is 4.79 Å². The molecule has 0 bridgehead atoms. The molecular weight excluding hydrogens is 567 g/mol. The van der Waals surface area contributed by atoms with Crippen molar-refractivity contribution in [2.45, 2.75) is 31.6 Å². The highest BCUT2D eigenvalue weighted by atomic mass is 32.1. The average molecular weight is 598 g/mol. The van der Waals surface area contributed by atoms with Gasteiger partial charge in [0.1, 0.15) is 0 Å². The SMILES string of the molecule is CC(C)(C)c1ccc(N2c3ccccc3C3(c4ccccc4-c4cc5c(=O)c6ccccc6sc5cc43)c3ccccc32)cc1. The molecule has 0 amide bonds. The lowest BCUT2D eigenvalue weighted by molar-refractivity contribution is 0.590. The summed E-state index contributed by atoms with van der Waals surface area (Å²) in [6.07, 6.45) is 0. The molecule has 7 aromatic rings. The predicted octanol–water partition coefficient (Wildman–Crippen LogP) is 10.9. The smallest absolute Gasteiger partial charge is 0.195 e. The molecular formula is C42H31NOS. The van der Waals surface area contributed by atoms with E-state index in [-0.39, 0.29) is 10.8 Å². The maximum Gasteiger partial charge on any atom is 0.195 e. The van der Waals surface area contributed by atoms with Crippen LogP contribution in [0.15, 0.2) is 138 Å². The standard InChI is InChI=1S/C42H31NOS/c1-41(2,3)26-20-22-27(23-21-26)43-36-17-9-7-15-33(36)42(34-16-8-10-18-37(34)43)32-14-6-4-12-28(32)30-24-31-39(25-35(30)42)45-38-19-11-5-13-29(38)40(31)44/h4-25H,1-3H3. The molecule has 0 fully saturated rings. The van der Waals surface area contributed by atoms with Gasteiger partial charge in [-0.15, -0.1) is 11.3 Å². The van der Waals surface area contributed by atoms with Crippen LogP contribution in [0.1, 0.15) is 48.6 Å². The first kappa shape index (κ1) is 26.4. The van der Waals surface area contributed by atoms with Crippen molar-refractivity contribution in [2.75, 3.05) is 4.90 Å². The Hall–Kier alpha value is -4.99. The van der Waals surface area contributed by atoms with Crippen LogP contribution in [0.25, 0.3) is 31.3 Å². The van der Waals surface area contributed by atoms with Crippen LogP contribution in [-0.4, -0.2) is 0 Å². The molecule has 1 aromatic heterocycles. The van der Waals surface area contributed by atoms with Crippen molar-refractivity contribution in [2.24, 2.45) is 0 Å². The average Bonchev–Trinajstić information content (AvgIpc) is 3.34. The van der Waals surface area contributed by atoms with Gasteiger partial charge in [-0.05, 0) is 92.9 Å². The maximum absolute atomic E-state index is 13.9. The Kier molecular flexibility index (Phi) is 5.44. The molecule has 1 aliphatic heterocycles. The molecule has 6 aromatic carbocycles. The van der Waals surface area contributed by atoms with E-state index in [9.17, 15) is 4.79 Å². The summed E-state index contributed by atoms with van der Waals surface area (Å²) in [5.74, 6) is 0. The molecule has 0 unspecified atom stereocenters. The second kappa shape index (κ2) is 9.26. The number of benzene rings is 6. The van der Waals surface area contributed by atoms with Gasteiger partial charge in [0.2, 0.25) is 0 Å². The molecule has 2 heterocycles. The number of hydrogen-bond donors (Lipinski definition) is 0. The minimum atomic E-state index is -0.531. The zero-order valence-electron chi connectivity index (χ0n) is 25.5. The Labute approximate surface area is 266 Å². The normalized spacial score (nSPS) is 14.3. The van der Waals surface area contributed by atoms with Gasteiger partial charge in [0.15, 0.2) is 5.43 Å². The molecule has 2 nitrogen and oxygen atoms in total. The van der Waals surface area contributed by atoms with Crippen molar-refractivity contribution in [1.29, 1.82) is 0 Å². The van der Waals surface area contributed by atoms with E-state index >= 15 is 0 Å². The highest BCUT2D eigenvalue weighted by molar-refractivity contribution is 7.24. The number of hydrogen-bond acceptors (Lipinski definition) is 3. The summed E-state index contributed by atoms with van der Waals surface area (Å²) < 4.78 is 2.05. The van der Waals surface area contributed by atoms with E-state index in [2.05, 4.69) is 141 Å². The lowest BCUT2D eigenvalue weighted by Crippen LogP contribution is -2.36. The van der Waals surface area contributed by atoms with Gasteiger partial charge >= 0.3 is 0 Å². The van der Waals surface area contributed by atoms with Crippen molar-refractivity contribution in [3.63, 3.8) is 0 Å². The van der Waals surface area contributed by atoms with Crippen LogP contribution < -0.4 is 10.3 Å². The molecule has 1 spiro atoms. The molecule has 3 heteroatoms. The summed E-state index contributed by atoms with van der Waals surface area (Å²) in [6, 6.07) is 48.1. The van der Waals surface area contributed by atoms with Crippen molar-refractivity contribution < 1.29 is 0 Å². The van der Waals surface area contributed by atoms with Crippen LogP contribution in [0.4, 0.5) is 17.1 Å². The predicted molar refractivity (Wildman–Crippen MR) is 190 cm³/mol. The quantitative estimate of drug-likeness (QED) is 0.175. The summed E-state index contributed by atoms with van der Waals surface area (Å²) in [6.45, 7) is 6.78. The van der Waals surface area contributed by atoms with Gasteiger partial charge in [0, 0.05) is 25.9 Å². The third-order valence-corrected chi connectivity index (χ3v) is 11.0. The molecule has 9 rings (SSSR count). The minimum absolute atomic E-state index is 0.0800. The fraction of sp³-hybridized carbons (Fsp3) is 0.119.